The number of hydrogen-bond donors (Lipinski definition) is 2. The Bertz CT molecular complexity index is 1610. The van der Waals surface area contributed by atoms with Crippen LogP contribution >= 0.6 is 11.3 Å². The van der Waals surface area contributed by atoms with Gasteiger partial charge in [0.25, 0.3) is 5.91 Å². The molecule has 1 saturated heterocycles. The first-order valence-electron chi connectivity index (χ1n) is 13.5. The Balaban J connectivity index is 1.29. The van der Waals surface area contributed by atoms with E-state index in [0.717, 1.165) is 49.0 Å². The minimum atomic E-state index is -1.19. The minimum Gasteiger partial charge on any atom is -0.508 e. The van der Waals surface area contributed by atoms with Crippen molar-refractivity contribution < 1.29 is 23.5 Å². The summed E-state index contributed by atoms with van der Waals surface area (Å²) in [6.45, 7) is 3.38. The maximum absolute atomic E-state index is 15.3. The first-order valence-corrected chi connectivity index (χ1v) is 14.4. The Hall–Kier alpha value is -4.15. The number of nitrogens with one attached hydrogen (secondary N) is 1. The Kier molecular flexibility index (Phi) is 7.51. The lowest BCUT2D eigenvalue weighted by Gasteiger charge is -2.29. The van der Waals surface area contributed by atoms with Crippen molar-refractivity contribution in [3.05, 3.63) is 99.5 Å². The van der Waals surface area contributed by atoms with E-state index in [9.17, 15) is 19.1 Å². The van der Waals surface area contributed by atoms with Crippen molar-refractivity contribution in [3.8, 4) is 16.9 Å². The molecule has 10 heteroatoms. The van der Waals surface area contributed by atoms with Gasteiger partial charge in [0.15, 0.2) is 5.78 Å². The molecular formula is C31H28F2N4O3S. The third kappa shape index (κ3) is 5.45. The van der Waals surface area contributed by atoms with Crippen LogP contribution in [0, 0.1) is 11.6 Å². The van der Waals surface area contributed by atoms with Crippen LogP contribution in [0.4, 0.5) is 14.5 Å². The topological polar surface area (TPSA) is 85.8 Å². The number of ketones is 1. The minimum absolute atomic E-state index is 0.0325. The van der Waals surface area contributed by atoms with Gasteiger partial charge in [0.1, 0.15) is 23.4 Å². The van der Waals surface area contributed by atoms with Gasteiger partial charge in [0, 0.05) is 79.5 Å². The molecule has 2 aliphatic heterocycles. The Labute approximate surface area is 240 Å². The average molecular weight is 575 g/mol. The van der Waals surface area contributed by atoms with E-state index in [1.165, 1.54) is 28.4 Å². The summed E-state index contributed by atoms with van der Waals surface area (Å²) in [6, 6.07) is 12.5. The fourth-order valence-corrected chi connectivity index (χ4v) is 6.18. The molecule has 0 saturated carbocycles. The van der Waals surface area contributed by atoms with Gasteiger partial charge < -0.3 is 20.2 Å². The van der Waals surface area contributed by atoms with Crippen LogP contribution in [0.25, 0.3) is 11.1 Å². The van der Waals surface area contributed by atoms with Gasteiger partial charge in [0.05, 0.1) is 5.01 Å². The van der Waals surface area contributed by atoms with Crippen molar-refractivity contribution in [2.75, 3.05) is 31.1 Å². The normalized spacial score (nSPS) is 15.7. The second-order valence-electron chi connectivity index (χ2n) is 10.2. The number of aromatic hydroxyl groups is 1. The van der Waals surface area contributed by atoms with Gasteiger partial charge in [-0.15, -0.1) is 11.3 Å². The number of piperazine rings is 1. The lowest BCUT2D eigenvalue weighted by Crippen LogP contribution is -2.43. The number of Topliss-reactive ketones (excluding diaryl/α,β-unsaturated/α-hetero) is 1. The third-order valence-electron chi connectivity index (χ3n) is 7.66. The number of hydrogen-bond acceptors (Lipinski definition) is 7. The lowest BCUT2D eigenvalue weighted by atomic mass is 9.97. The number of carbonyl (C=O) groups is 2. The number of phenols is 1. The molecule has 3 heterocycles. The molecule has 0 spiro atoms. The van der Waals surface area contributed by atoms with Crippen LogP contribution in [0.3, 0.4) is 0 Å². The maximum atomic E-state index is 15.3. The second-order valence-corrected chi connectivity index (χ2v) is 11.2. The molecule has 210 valence electrons. The number of nitrogens with zero attached hydrogens (tertiary/aromatic N) is 3. The molecule has 1 amide bonds. The highest BCUT2D eigenvalue weighted by molar-refractivity contribution is 7.09. The van der Waals surface area contributed by atoms with Gasteiger partial charge in [-0.25, -0.2) is 13.8 Å². The molecule has 1 unspecified atom stereocenters. The van der Waals surface area contributed by atoms with Crippen molar-refractivity contribution >= 4 is 28.7 Å². The van der Waals surface area contributed by atoms with Crippen LogP contribution in [-0.4, -0.2) is 52.9 Å². The SMILES string of the molecule is O=C(CCc1nccs1)C(c1cc(F)ccc1O)N1Cc2ccc(-c3ccc(N4CCNCC4)cc3F)cc2C1=O. The van der Waals surface area contributed by atoms with Crippen molar-refractivity contribution in [2.45, 2.75) is 25.4 Å². The van der Waals surface area contributed by atoms with Gasteiger partial charge in [-0.3, -0.25) is 9.59 Å². The summed E-state index contributed by atoms with van der Waals surface area (Å²) < 4.78 is 29.6. The lowest BCUT2D eigenvalue weighted by molar-refractivity contribution is -0.123. The van der Waals surface area contributed by atoms with Crippen LogP contribution in [0.15, 0.2) is 66.2 Å². The zero-order valence-electron chi connectivity index (χ0n) is 22.1. The van der Waals surface area contributed by atoms with E-state index in [1.807, 2.05) is 11.4 Å². The van der Waals surface area contributed by atoms with Gasteiger partial charge in [-0.05, 0) is 53.6 Å². The van der Waals surface area contributed by atoms with E-state index in [2.05, 4.69) is 15.2 Å². The quantitative estimate of drug-likeness (QED) is 0.305. The van der Waals surface area contributed by atoms with Crippen LogP contribution in [0.1, 0.15) is 39.0 Å². The summed E-state index contributed by atoms with van der Waals surface area (Å²) >= 11 is 1.42. The highest BCUT2D eigenvalue weighted by Crippen LogP contribution is 2.38. The summed E-state index contributed by atoms with van der Waals surface area (Å²) in [6.07, 6.45) is 2.08. The zero-order chi connectivity index (χ0) is 28.5. The first-order chi connectivity index (χ1) is 19.9. The largest absolute Gasteiger partial charge is 0.508 e. The highest BCUT2D eigenvalue weighted by Gasteiger charge is 2.38. The summed E-state index contributed by atoms with van der Waals surface area (Å²) in [5.74, 6) is -2.05. The highest BCUT2D eigenvalue weighted by atomic mass is 32.1. The van der Waals surface area contributed by atoms with E-state index in [4.69, 9.17) is 0 Å². The molecule has 2 N–H and O–H groups in total. The van der Waals surface area contributed by atoms with E-state index in [1.54, 1.807) is 30.5 Å². The number of aromatic nitrogens is 1. The summed E-state index contributed by atoms with van der Waals surface area (Å²) in [5, 5.41) is 16.5. The van der Waals surface area contributed by atoms with Gasteiger partial charge in [0.2, 0.25) is 0 Å². The standard InChI is InChI=1S/C31H28F2N4O3S/c32-21-3-6-27(38)25(16-21)30(28(39)7-8-29-35-11-14-41-29)37-18-20-2-1-19(15-24(20)31(37)40)23-5-4-22(17-26(23)33)36-12-9-34-10-13-36/h1-6,11,14-17,30,34,38H,7-10,12-13,18H2. The fraction of sp³-hybridized carbons (Fsp3) is 0.258. The Morgan fingerprint density at radius 3 is 2.63 bits per heavy atom. The van der Waals surface area contributed by atoms with Gasteiger partial charge in [-0.1, -0.05) is 12.1 Å². The van der Waals surface area contributed by atoms with E-state index in [-0.39, 0.29) is 35.9 Å². The molecule has 3 aromatic carbocycles. The molecule has 6 rings (SSSR count). The van der Waals surface area contributed by atoms with Crippen LogP contribution in [0.2, 0.25) is 0 Å². The van der Waals surface area contributed by atoms with Crippen LogP contribution < -0.4 is 10.2 Å². The number of fused-ring (bicyclic) bond motifs is 1. The van der Waals surface area contributed by atoms with E-state index >= 15 is 4.39 Å². The molecule has 1 fully saturated rings. The molecule has 7 nitrogen and oxygen atoms in total. The molecule has 2 aliphatic rings. The van der Waals surface area contributed by atoms with Crippen molar-refractivity contribution in [1.82, 2.24) is 15.2 Å². The number of phenolic OH excluding ortho intramolecular Hbond substituents is 1. The first kappa shape index (κ1) is 27.0. The monoisotopic (exact) mass is 574 g/mol. The fourth-order valence-electron chi connectivity index (χ4n) is 5.56. The summed E-state index contributed by atoms with van der Waals surface area (Å²) in [7, 11) is 0. The number of anilines is 1. The van der Waals surface area contributed by atoms with Gasteiger partial charge in [-0.2, -0.15) is 0 Å². The van der Waals surface area contributed by atoms with E-state index < -0.39 is 17.8 Å². The molecule has 0 radical (unpaired) electrons. The maximum Gasteiger partial charge on any atom is 0.255 e. The van der Waals surface area contributed by atoms with Crippen molar-refractivity contribution in [3.63, 3.8) is 0 Å². The average Bonchev–Trinajstić information content (AvgIpc) is 3.62. The van der Waals surface area contributed by atoms with Crippen molar-refractivity contribution in [2.24, 2.45) is 0 Å². The summed E-state index contributed by atoms with van der Waals surface area (Å²) in [4.78, 5) is 35.0. The number of aryl methyl sites for hydroxylation is 1. The number of thiazole rings is 1. The number of benzene rings is 3. The smallest absolute Gasteiger partial charge is 0.255 e. The molecule has 0 bridgehead atoms. The second kappa shape index (κ2) is 11.4. The number of amides is 1. The number of rotatable bonds is 8. The molecular weight excluding hydrogens is 546 g/mol. The Morgan fingerprint density at radius 2 is 1.88 bits per heavy atom. The van der Waals surface area contributed by atoms with Crippen LogP contribution in [0.5, 0.6) is 5.75 Å². The molecule has 1 atom stereocenters. The van der Waals surface area contributed by atoms with Crippen molar-refractivity contribution in [1.29, 1.82) is 0 Å². The zero-order valence-corrected chi connectivity index (χ0v) is 23.0. The number of carbonyl (C=O) groups excluding carboxylic acids is 2. The van der Waals surface area contributed by atoms with E-state index in [0.29, 0.717) is 28.7 Å². The Morgan fingerprint density at radius 1 is 1.05 bits per heavy atom. The number of halogens is 2. The predicted octanol–water partition coefficient (Wildman–Crippen LogP) is 5.10. The van der Waals surface area contributed by atoms with Crippen LogP contribution in [-0.2, 0) is 17.8 Å². The molecule has 1 aromatic heterocycles. The molecule has 4 aromatic rings. The third-order valence-corrected chi connectivity index (χ3v) is 8.50. The summed E-state index contributed by atoms with van der Waals surface area (Å²) in [5.41, 5.74) is 2.78. The molecule has 0 aliphatic carbocycles. The predicted molar refractivity (Wildman–Crippen MR) is 153 cm³/mol. The molecule has 41 heavy (non-hydrogen) atoms. The van der Waals surface area contributed by atoms with Gasteiger partial charge >= 0.3 is 0 Å².